The molecular formula is C23H21FN2O3. The van der Waals surface area contributed by atoms with Crippen LogP contribution in [0.2, 0.25) is 0 Å². The van der Waals surface area contributed by atoms with E-state index in [1.807, 2.05) is 30.3 Å². The Morgan fingerprint density at radius 2 is 1.59 bits per heavy atom. The average Bonchev–Trinajstić information content (AvgIpc) is 2.74. The summed E-state index contributed by atoms with van der Waals surface area (Å²) in [5.41, 5.74) is 1.71. The molecule has 3 aromatic rings. The summed E-state index contributed by atoms with van der Waals surface area (Å²) in [4.78, 5) is 25.1. The normalized spacial score (nSPS) is 11.4. The summed E-state index contributed by atoms with van der Waals surface area (Å²) in [6.45, 7) is 1.96. The molecule has 0 aromatic heterocycles. The van der Waals surface area contributed by atoms with Gasteiger partial charge in [0.15, 0.2) is 6.10 Å². The number of hydrogen-bond acceptors (Lipinski definition) is 3. The molecule has 148 valence electrons. The summed E-state index contributed by atoms with van der Waals surface area (Å²) in [6.07, 6.45) is -0.833. The summed E-state index contributed by atoms with van der Waals surface area (Å²) < 4.78 is 18.5. The third-order valence-electron chi connectivity index (χ3n) is 4.22. The number of para-hydroxylation sites is 1. The van der Waals surface area contributed by atoms with Crippen LogP contribution in [0.4, 0.5) is 10.1 Å². The van der Waals surface area contributed by atoms with Crippen molar-refractivity contribution in [3.8, 4) is 5.75 Å². The predicted molar refractivity (Wildman–Crippen MR) is 109 cm³/mol. The van der Waals surface area contributed by atoms with Crippen LogP contribution in [0.25, 0.3) is 0 Å². The lowest BCUT2D eigenvalue weighted by Crippen LogP contribution is -2.31. The second-order valence-electron chi connectivity index (χ2n) is 6.42. The van der Waals surface area contributed by atoms with Gasteiger partial charge in [-0.05, 0) is 48.9 Å². The van der Waals surface area contributed by atoms with E-state index in [-0.39, 0.29) is 11.7 Å². The van der Waals surface area contributed by atoms with Crippen molar-refractivity contribution < 1.29 is 18.7 Å². The molecule has 6 heteroatoms. The van der Waals surface area contributed by atoms with Gasteiger partial charge in [0.1, 0.15) is 11.6 Å². The molecule has 0 saturated heterocycles. The van der Waals surface area contributed by atoms with Crippen LogP contribution in [0, 0.1) is 5.82 Å². The third kappa shape index (κ3) is 5.65. The maximum Gasteiger partial charge on any atom is 0.265 e. The first-order chi connectivity index (χ1) is 14.0. The van der Waals surface area contributed by atoms with Crippen molar-refractivity contribution in [1.29, 1.82) is 0 Å². The van der Waals surface area contributed by atoms with Gasteiger partial charge in [0.25, 0.3) is 11.8 Å². The second kappa shape index (κ2) is 9.50. The van der Waals surface area contributed by atoms with E-state index in [4.69, 9.17) is 4.74 Å². The first kappa shape index (κ1) is 20.1. The fraction of sp³-hybridized carbons (Fsp3) is 0.130. The summed E-state index contributed by atoms with van der Waals surface area (Å²) >= 11 is 0. The minimum Gasteiger partial charge on any atom is -0.481 e. The Morgan fingerprint density at radius 3 is 2.31 bits per heavy atom. The molecule has 3 rings (SSSR count). The second-order valence-corrected chi connectivity index (χ2v) is 6.42. The Balaban J connectivity index is 1.63. The number of benzene rings is 3. The molecule has 3 aromatic carbocycles. The molecule has 0 aliphatic rings. The Kier molecular flexibility index (Phi) is 6.58. The molecule has 0 fully saturated rings. The molecule has 0 heterocycles. The van der Waals surface area contributed by atoms with Crippen LogP contribution < -0.4 is 15.4 Å². The molecule has 0 aliphatic heterocycles. The molecule has 1 atom stereocenters. The van der Waals surface area contributed by atoms with Crippen molar-refractivity contribution in [2.75, 3.05) is 5.32 Å². The predicted octanol–water partition coefficient (Wildman–Crippen LogP) is 4.16. The number of carbonyl (C=O) groups is 2. The van der Waals surface area contributed by atoms with E-state index in [1.54, 1.807) is 31.2 Å². The zero-order chi connectivity index (χ0) is 20.6. The number of rotatable bonds is 7. The number of anilines is 1. The average molecular weight is 392 g/mol. The first-order valence-corrected chi connectivity index (χ1v) is 9.17. The van der Waals surface area contributed by atoms with Gasteiger partial charge in [-0.25, -0.2) is 4.39 Å². The van der Waals surface area contributed by atoms with Crippen LogP contribution >= 0.6 is 0 Å². The van der Waals surface area contributed by atoms with Crippen molar-refractivity contribution in [2.45, 2.75) is 19.6 Å². The van der Waals surface area contributed by atoms with Crippen LogP contribution in [0.5, 0.6) is 5.75 Å². The molecule has 2 N–H and O–H groups in total. The van der Waals surface area contributed by atoms with Gasteiger partial charge >= 0.3 is 0 Å². The van der Waals surface area contributed by atoms with E-state index in [0.717, 1.165) is 5.56 Å². The van der Waals surface area contributed by atoms with E-state index < -0.39 is 12.0 Å². The maximum absolute atomic E-state index is 13.0. The molecule has 0 spiro atoms. The SMILES string of the molecule is C[C@H](Oc1ccc(F)cc1)C(=O)Nc1ccccc1C(=O)NCc1ccccc1. The van der Waals surface area contributed by atoms with E-state index in [9.17, 15) is 14.0 Å². The number of hydrogen-bond donors (Lipinski definition) is 2. The smallest absolute Gasteiger partial charge is 0.265 e. The van der Waals surface area contributed by atoms with E-state index in [1.165, 1.54) is 24.3 Å². The van der Waals surface area contributed by atoms with Gasteiger partial charge in [0.05, 0.1) is 11.3 Å². The number of nitrogens with one attached hydrogen (secondary N) is 2. The number of halogens is 1. The highest BCUT2D eigenvalue weighted by atomic mass is 19.1. The van der Waals surface area contributed by atoms with Gasteiger partial charge in [-0.2, -0.15) is 0 Å². The van der Waals surface area contributed by atoms with E-state index in [2.05, 4.69) is 10.6 Å². The van der Waals surface area contributed by atoms with Crippen molar-refractivity contribution >= 4 is 17.5 Å². The molecule has 29 heavy (non-hydrogen) atoms. The highest BCUT2D eigenvalue weighted by Gasteiger charge is 2.18. The Hall–Kier alpha value is -3.67. The summed E-state index contributed by atoms with van der Waals surface area (Å²) in [6, 6.07) is 21.7. The topological polar surface area (TPSA) is 67.4 Å². The van der Waals surface area contributed by atoms with Crippen LogP contribution in [0.3, 0.4) is 0 Å². The standard InChI is InChI=1S/C23H21FN2O3/c1-16(29-19-13-11-18(24)12-14-19)22(27)26-21-10-6-5-9-20(21)23(28)25-15-17-7-3-2-4-8-17/h2-14,16H,15H2,1H3,(H,25,28)(H,26,27)/t16-/m0/s1. The molecule has 0 unspecified atom stereocenters. The molecule has 2 amide bonds. The van der Waals surface area contributed by atoms with Crippen LogP contribution in [0.15, 0.2) is 78.9 Å². The molecule has 0 radical (unpaired) electrons. The number of carbonyl (C=O) groups excluding carboxylic acids is 2. The largest absolute Gasteiger partial charge is 0.481 e. The molecule has 0 bridgehead atoms. The fourth-order valence-corrected chi connectivity index (χ4v) is 2.67. The van der Waals surface area contributed by atoms with E-state index >= 15 is 0 Å². The minimum absolute atomic E-state index is 0.295. The summed E-state index contributed by atoms with van der Waals surface area (Å²) in [7, 11) is 0. The van der Waals surface area contributed by atoms with Crippen molar-refractivity contribution in [1.82, 2.24) is 5.32 Å². The van der Waals surface area contributed by atoms with Crippen molar-refractivity contribution in [3.63, 3.8) is 0 Å². The van der Waals surface area contributed by atoms with Crippen molar-refractivity contribution in [3.05, 3.63) is 95.8 Å². The summed E-state index contributed by atoms with van der Waals surface area (Å²) in [5, 5.41) is 5.57. The van der Waals surface area contributed by atoms with Gasteiger partial charge in [0.2, 0.25) is 0 Å². The van der Waals surface area contributed by atoms with E-state index in [0.29, 0.717) is 23.5 Å². The quantitative estimate of drug-likeness (QED) is 0.634. The molecular weight excluding hydrogens is 371 g/mol. The first-order valence-electron chi connectivity index (χ1n) is 9.17. The number of amides is 2. The molecule has 0 saturated carbocycles. The van der Waals surface area contributed by atoms with Gasteiger partial charge < -0.3 is 15.4 Å². The van der Waals surface area contributed by atoms with Gasteiger partial charge in [0, 0.05) is 6.54 Å². The highest BCUT2D eigenvalue weighted by molar-refractivity contribution is 6.04. The zero-order valence-electron chi connectivity index (χ0n) is 15.9. The fourth-order valence-electron chi connectivity index (χ4n) is 2.67. The Bertz CT molecular complexity index is 975. The third-order valence-corrected chi connectivity index (χ3v) is 4.22. The van der Waals surface area contributed by atoms with Crippen LogP contribution in [-0.2, 0) is 11.3 Å². The van der Waals surface area contributed by atoms with Crippen LogP contribution in [-0.4, -0.2) is 17.9 Å². The summed E-state index contributed by atoms with van der Waals surface area (Å²) in [5.74, 6) is -0.720. The Labute approximate surface area is 168 Å². The number of ether oxygens (including phenoxy) is 1. The monoisotopic (exact) mass is 392 g/mol. The van der Waals surface area contributed by atoms with Gasteiger partial charge in [-0.3, -0.25) is 9.59 Å². The zero-order valence-corrected chi connectivity index (χ0v) is 15.9. The lowest BCUT2D eigenvalue weighted by atomic mass is 10.1. The molecule has 0 aliphatic carbocycles. The van der Waals surface area contributed by atoms with Crippen LogP contribution in [0.1, 0.15) is 22.8 Å². The maximum atomic E-state index is 13.0. The Morgan fingerprint density at radius 1 is 0.931 bits per heavy atom. The van der Waals surface area contributed by atoms with Crippen molar-refractivity contribution in [2.24, 2.45) is 0 Å². The minimum atomic E-state index is -0.833. The molecule has 5 nitrogen and oxygen atoms in total. The lowest BCUT2D eigenvalue weighted by Gasteiger charge is -2.16. The lowest BCUT2D eigenvalue weighted by molar-refractivity contribution is -0.122. The van der Waals surface area contributed by atoms with Gasteiger partial charge in [-0.15, -0.1) is 0 Å². The van der Waals surface area contributed by atoms with Gasteiger partial charge in [-0.1, -0.05) is 42.5 Å². The highest BCUT2D eigenvalue weighted by Crippen LogP contribution is 2.17.